The van der Waals surface area contributed by atoms with Crippen molar-refractivity contribution in [1.82, 2.24) is 10.3 Å². The van der Waals surface area contributed by atoms with Gasteiger partial charge < -0.3 is 5.32 Å². The molecule has 0 spiro atoms. The fourth-order valence-corrected chi connectivity index (χ4v) is 3.53. The summed E-state index contributed by atoms with van der Waals surface area (Å²) in [6, 6.07) is 8.41. The van der Waals surface area contributed by atoms with Gasteiger partial charge in [-0.05, 0) is 44.0 Å². The summed E-state index contributed by atoms with van der Waals surface area (Å²) in [4.78, 5) is 4.73. The van der Waals surface area contributed by atoms with E-state index in [0.29, 0.717) is 5.92 Å². The second kappa shape index (κ2) is 6.30. The average molecular weight is 262 g/mol. The van der Waals surface area contributed by atoms with Crippen molar-refractivity contribution in [3.63, 3.8) is 0 Å². The number of para-hydroxylation sites is 1. The van der Waals surface area contributed by atoms with Crippen LogP contribution in [0.1, 0.15) is 25.3 Å². The molecule has 1 heterocycles. The van der Waals surface area contributed by atoms with Crippen LogP contribution in [0.3, 0.4) is 0 Å². The van der Waals surface area contributed by atoms with Gasteiger partial charge in [-0.2, -0.15) is 0 Å². The van der Waals surface area contributed by atoms with Gasteiger partial charge in [0.15, 0.2) is 0 Å². The van der Waals surface area contributed by atoms with Crippen LogP contribution in [0.4, 0.5) is 0 Å². The van der Waals surface area contributed by atoms with Crippen molar-refractivity contribution in [2.75, 3.05) is 13.6 Å². The van der Waals surface area contributed by atoms with E-state index in [-0.39, 0.29) is 0 Å². The van der Waals surface area contributed by atoms with E-state index in [9.17, 15) is 0 Å². The lowest BCUT2D eigenvalue weighted by molar-refractivity contribution is 0.395. The van der Waals surface area contributed by atoms with Crippen LogP contribution in [-0.4, -0.2) is 18.6 Å². The summed E-state index contributed by atoms with van der Waals surface area (Å²) < 4.78 is 1.31. The van der Waals surface area contributed by atoms with Gasteiger partial charge >= 0.3 is 0 Å². The van der Waals surface area contributed by atoms with Gasteiger partial charge in [-0.3, -0.25) is 0 Å². The second-order valence-corrected chi connectivity index (χ2v) is 6.45. The van der Waals surface area contributed by atoms with Crippen molar-refractivity contribution in [2.24, 2.45) is 11.8 Å². The van der Waals surface area contributed by atoms with E-state index >= 15 is 0 Å². The van der Waals surface area contributed by atoms with Gasteiger partial charge in [0.2, 0.25) is 0 Å². The fourth-order valence-electron chi connectivity index (χ4n) is 2.45. The first-order valence-electron chi connectivity index (χ1n) is 6.68. The number of hydrogen-bond donors (Lipinski definition) is 1. The number of nitrogens with one attached hydrogen (secondary N) is 1. The van der Waals surface area contributed by atoms with E-state index in [0.717, 1.165) is 24.4 Å². The second-order valence-electron chi connectivity index (χ2n) is 5.33. The molecule has 0 aliphatic carbocycles. The highest BCUT2D eigenvalue weighted by atomic mass is 32.1. The Hall–Kier alpha value is -0.930. The maximum Gasteiger partial charge on any atom is 0.0941 e. The lowest BCUT2D eigenvalue weighted by Crippen LogP contribution is -2.22. The van der Waals surface area contributed by atoms with Gasteiger partial charge in [0.25, 0.3) is 0 Å². The minimum absolute atomic E-state index is 0.690. The lowest BCUT2D eigenvalue weighted by atomic mass is 9.94. The van der Waals surface area contributed by atoms with Gasteiger partial charge in [-0.1, -0.05) is 26.0 Å². The Labute approximate surface area is 113 Å². The van der Waals surface area contributed by atoms with E-state index in [4.69, 9.17) is 4.98 Å². The molecule has 0 aliphatic heterocycles. The molecule has 0 bridgehead atoms. The molecule has 2 aromatic rings. The van der Waals surface area contributed by atoms with Crippen LogP contribution in [0.5, 0.6) is 0 Å². The Morgan fingerprint density at radius 1 is 1.28 bits per heavy atom. The summed E-state index contributed by atoms with van der Waals surface area (Å²) in [5.41, 5.74) is 1.14. The highest BCUT2D eigenvalue weighted by Gasteiger charge is 2.13. The third kappa shape index (κ3) is 3.53. The average Bonchev–Trinajstić information content (AvgIpc) is 2.70. The zero-order chi connectivity index (χ0) is 13.0. The number of aromatic nitrogens is 1. The third-order valence-corrected chi connectivity index (χ3v) is 4.16. The first kappa shape index (κ1) is 13.5. The molecule has 1 N–H and O–H groups in total. The summed E-state index contributed by atoms with van der Waals surface area (Å²) >= 11 is 1.84. The minimum atomic E-state index is 0.690. The van der Waals surface area contributed by atoms with Crippen LogP contribution in [0.2, 0.25) is 0 Å². The lowest BCUT2D eigenvalue weighted by Gasteiger charge is -2.17. The van der Waals surface area contributed by atoms with Gasteiger partial charge in [-0.15, -0.1) is 11.3 Å². The summed E-state index contributed by atoms with van der Waals surface area (Å²) in [5, 5.41) is 4.58. The quantitative estimate of drug-likeness (QED) is 0.858. The molecule has 3 heteroatoms. The van der Waals surface area contributed by atoms with Crippen molar-refractivity contribution in [3.05, 3.63) is 29.3 Å². The number of rotatable bonds is 6. The van der Waals surface area contributed by atoms with Crippen LogP contribution in [0.25, 0.3) is 10.2 Å². The highest BCUT2D eigenvalue weighted by Crippen LogP contribution is 2.25. The molecule has 18 heavy (non-hydrogen) atoms. The number of hydrogen-bond acceptors (Lipinski definition) is 3. The largest absolute Gasteiger partial charge is 0.319 e. The topological polar surface area (TPSA) is 24.9 Å². The molecule has 0 saturated carbocycles. The number of fused-ring (bicyclic) bond motifs is 1. The Morgan fingerprint density at radius 3 is 2.72 bits per heavy atom. The molecule has 1 unspecified atom stereocenters. The molecular weight excluding hydrogens is 240 g/mol. The van der Waals surface area contributed by atoms with E-state index in [1.165, 1.54) is 16.1 Å². The summed E-state index contributed by atoms with van der Waals surface area (Å²) in [6.07, 6.45) is 2.36. The van der Waals surface area contributed by atoms with Gasteiger partial charge in [0.1, 0.15) is 0 Å². The molecule has 1 aromatic heterocycles. The molecule has 0 fully saturated rings. The summed E-state index contributed by atoms with van der Waals surface area (Å²) in [7, 11) is 2.03. The van der Waals surface area contributed by atoms with E-state index in [1.807, 2.05) is 18.4 Å². The van der Waals surface area contributed by atoms with Gasteiger partial charge in [0, 0.05) is 6.42 Å². The van der Waals surface area contributed by atoms with Crippen molar-refractivity contribution in [1.29, 1.82) is 0 Å². The molecule has 2 rings (SSSR count). The first-order chi connectivity index (χ1) is 8.69. The van der Waals surface area contributed by atoms with Crippen LogP contribution in [-0.2, 0) is 6.42 Å². The maximum absolute atomic E-state index is 4.73. The number of nitrogens with zero attached hydrogens (tertiary/aromatic N) is 1. The summed E-state index contributed by atoms with van der Waals surface area (Å²) in [5.74, 6) is 1.44. The predicted octanol–water partition coefficient (Wildman–Crippen LogP) is 3.72. The Balaban J connectivity index is 2.09. The molecule has 2 nitrogen and oxygen atoms in total. The van der Waals surface area contributed by atoms with E-state index in [2.05, 4.69) is 43.4 Å². The molecular formula is C15H22N2S. The molecule has 0 radical (unpaired) electrons. The van der Waals surface area contributed by atoms with Crippen molar-refractivity contribution in [3.8, 4) is 0 Å². The normalized spacial score (nSPS) is 13.3. The predicted molar refractivity (Wildman–Crippen MR) is 80.2 cm³/mol. The fraction of sp³-hybridized carbons (Fsp3) is 0.533. The number of thiazole rings is 1. The van der Waals surface area contributed by atoms with Crippen molar-refractivity contribution < 1.29 is 0 Å². The van der Waals surface area contributed by atoms with Crippen LogP contribution in [0.15, 0.2) is 24.3 Å². The van der Waals surface area contributed by atoms with Crippen LogP contribution < -0.4 is 5.32 Å². The van der Waals surface area contributed by atoms with E-state index in [1.54, 1.807) is 0 Å². The Kier molecular flexibility index (Phi) is 4.72. The third-order valence-electron chi connectivity index (χ3n) is 3.10. The molecule has 0 aliphatic rings. The highest BCUT2D eigenvalue weighted by molar-refractivity contribution is 7.18. The molecule has 1 aromatic carbocycles. The SMILES string of the molecule is CNCC(Cc1nc2ccccc2s1)CC(C)C. The van der Waals surface area contributed by atoms with E-state index < -0.39 is 0 Å². The zero-order valence-corrected chi connectivity index (χ0v) is 12.3. The van der Waals surface area contributed by atoms with Gasteiger partial charge in [0.05, 0.1) is 15.2 Å². The zero-order valence-electron chi connectivity index (χ0n) is 11.4. The number of benzene rings is 1. The minimum Gasteiger partial charge on any atom is -0.319 e. The first-order valence-corrected chi connectivity index (χ1v) is 7.49. The van der Waals surface area contributed by atoms with Crippen LogP contribution >= 0.6 is 11.3 Å². The van der Waals surface area contributed by atoms with Crippen molar-refractivity contribution >= 4 is 21.6 Å². The van der Waals surface area contributed by atoms with Crippen molar-refractivity contribution in [2.45, 2.75) is 26.7 Å². The van der Waals surface area contributed by atoms with Crippen LogP contribution in [0, 0.1) is 11.8 Å². The molecule has 98 valence electrons. The Bertz CT molecular complexity index is 457. The Morgan fingerprint density at radius 2 is 2.06 bits per heavy atom. The maximum atomic E-state index is 4.73. The molecule has 0 amide bonds. The standard InChI is InChI=1S/C15H22N2S/c1-11(2)8-12(10-16-3)9-15-17-13-6-4-5-7-14(13)18-15/h4-7,11-12,16H,8-10H2,1-3H3. The summed E-state index contributed by atoms with van der Waals surface area (Å²) in [6.45, 7) is 5.66. The molecule has 0 saturated heterocycles. The van der Waals surface area contributed by atoms with Gasteiger partial charge in [-0.25, -0.2) is 4.98 Å². The smallest absolute Gasteiger partial charge is 0.0941 e. The molecule has 1 atom stereocenters. The monoisotopic (exact) mass is 262 g/mol.